The maximum Gasteiger partial charge on any atom is 0.225 e. The van der Waals surface area contributed by atoms with Crippen molar-refractivity contribution < 1.29 is 9.53 Å². The molecule has 0 fully saturated rings. The minimum Gasteiger partial charge on any atom is -0.493 e. The molecule has 1 aromatic rings. The van der Waals surface area contributed by atoms with Crippen molar-refractivity contribution in [1.82, 2.24) is 0 Å². The van der Waals surface area contributed by atoms with Crippen LogP contribution >= 0.6 is 0 Å². The second kappa shape index (κ2) is 6.91. The third-order valence-electron chi connectivity index (χ3n) is 2.09. The van der Waals surface area contributed by atoms with E-state index in [1.54, 1.807) is 0 Å². The van der Waals surface area contributed by atoms with Crippen LogP contribution in [0.4, 0.5) is 5.69 Å². The van der Waals surface area contributed by atoms with Crippen LogP contribution in [-0.2, 0) is 4.79 Å². The zero-order valence-corrected chi connectivity index (χ0v) is 10.4. The molecule has 17 heavy (non-hydrogen) atoms. The van der Waals surface area contributed by atoms with Crippen molar-refractivity contribution in [2.75, 3.05) is 18.5 Å². The molecule has 0 aromatic heterocycles. The molecule has 0 aliphatic carbocycles. The highest BCUT2D eigenvalue weighted by atomic mass is 16.5. The van der Waals surface area contributed by atoms with E-state index in [0.29, 0.717) is 25.5 Å². The van der Waals surface area contributed by atoms with Gasteiger partial charge in [0, 0.05) is 18.7 Å². The molecule has 0 atom stereocenters. The van der Waals surface area contributed by atoms with E-state index in [-0.39, 0.29) is 5.91 Å². The van der Waals surface area contributed by atoms with Crippen molar-refractivity contribution >= 4 is 11.6 Å². The van der Waals surface area contributed by atoms with Gasteiger partial charge in [0.25, 0.3) is 0 Å². The van der Waals surface area contributed by atoms with Gasteiger partial charge < -0.3 is 15.8 Å². The molecule has 0 aliphatic rings. The number of benzene rings is 1. The second-order valence-electron chi connectivity index (χ2n) is 4.32. The molecule has 0 unspecified atom stereocenters. The molecule has 4 heteroatoms. The minimum absolute atomic E-state index is 0.0663. The summed E-state index contributed by atoms with van der Waals surface area (Å²) < 4.78 is 5.54. The Morgan fingerprint density at radius 3 is 2.53 bits per heavy atom. The van der Waals surface area contributed by atoms with Crippen LogP contribution in [-0.4, -0.2) is 19.1 Å². The van der Waals surface area contributed by atoms with Gasteiger partial charge in [-0.1, -0.05) is 13.8 Å². The van der Waals surface area contributed by atoms with E-state index in [1.807, 2.05) is 24.3 Å². The quantitative estimate of drug-likeness (QED) is 0.794. The van der Waals surface area contributed by atoms with E-state index < -0.39 is 0 Å². The lowest BCUT2D eigenvalue weighted by molar-refractivity contribution is -0.116. The summed E-state index contributed by atoms with van der Waals surface area (Å²) in [5, 5.41) is 2.76. The number of rotatable bonds is 6. The lowest BCUT2D eigenvalue weighted by Crippen LogP contribution is -2.16. The van der Waals surface area contributed by atoms with E-state index in [2.05, 4.69) is 19.2 Å². The fourth-order valence-electron chi connectivity index (χ4n) is 1.25. The summed E-state index contributed by atoms with van der Waals surface area (Å²) in [5.74, 6) is 1.25. The van der Waals surface area contributed by atoms with Gasteiger partial charge in [0.1, 0.15) is 5.75 Å². The van der Waals surface area contributed by atoms with Crippen molar-refractivity contribution in [1.29, 1.82) is 0 Å². The average Bonchev–Trinajstić information content (AvgIpc) is 2.28. The Bertz CT molecular complexity index is 347. The Morgan fingerprint density at radius 2 is 2.00 bits per heavy atom. The SMILES string of the molecule is CC(C)COc1ccc(NC(=O)CCN)cc1. The first-order chi connectivity index (χ1) is 8.11. The van der Waals surface area contributed by atoms with Crippen LogP contribution in [0.25, 0.3) is 0 Å². The van der Waals surface area contributed by atoms with Crippen LogP contribution < -0.4 is 15.8 Å². The first kappa shape index (κ1) is 13.5. The van der Waals surface area contributed by atoms with Gasteiger partial charge in [-0.05, 0) is 30.2 Å². The fourth-order valence-corrected chi connectivity index (χ4v) is 1.25. The smallest absolute Gasteiger partial charge is 0.225 e. The number of carbonyl (C=O) groups is 1. The highest BCUT2D eigenvalue weighted by Gasteiger charge is 2.01. The van der Waals surface area contributed by atoms with Crippen molar-refractivity contribution in [3.05, 3.63) is 24.3 Å². The van der Waals surface area contributed by atoms with Gasteiger partial charge in [-0.15, -0.1) is 0 Å². The largest absolute Gasteiger partial charge is 0.493 e. The number of hydrogen-bond donors (Lipinski definition) is 2. The zero-order chi connectivity index (χ0) is 12.7. The summed E-state index contributed by atoms with van der Waals surface area (Å²) in [6.07, 6.45) is 0.339. The average molecular weight is 236 g/mol. The Balaban J connectivity index is 2.47. The molecule has 3 N–H and O–H groups in total. The molecule has 0 heterocycles. The topological polar surface area (TPSA) is 64.3 Å². The van der Waals surface area contributed by atoms with Gasteiger partial charge in [0.15, 0.2) is 0 Å². The highest BCUT2D eigenvalue weighted by molar-refractivity contribution is 5.90. The van der Waals surface area contributed by atoms with Crippen LogP contribution in [0.15, 0.2) is 24.3 Å². The van der Waals surface area contributed by atoms with Crippen LogP contribution in [0.3, 0.4) is 0 Å². The van der Waals surface area contributed by atoms with E-state index in [4.69, 9.17) is 10.5 Å². The lowest BCUT2D eigenvalue weighted by Gasteiger charge is -2.09. The molecule has 94 valence electrons. The third kappa shape index (κ3) is 5.36. The number of carbonyl (C=O) groups excluding carboxylic acids is 1. The lowest BCUT2D eigenvalue weighted by atomic mass is 10.2. The molecular weight excluding hydrogens is 216 g/mol. The molecule has 1 amide bonds. The zero-order valence-electron chi connectivity index (χ0n) is 10.4. The molecule has 0 radical (unpaired) electrons. The third-order valence-corrected chi connectivity index (χ3v) is 2.09. The fraction of sp³-hybridized carbons (Fsp3) is 0.462. The van der Waals surface area contributed by atoms with Crippen LogP contribution in [0, 0.1) is 5.92 Å². The maximum atomic E-state index is 11.3. The molecule has 4 nitrogen and oxygen atoms in total. The van der Waals surface area contributed by atoms with Crippen molar-refractivity contribution in [2.45, 2.75) is 20.3 Å². The number of anilines is 1. The van der Waals surface area contributed by atoms with Crippen molar-refractivity contribution in [2.24, 2.45) is 11.7 Å². The predicted molar refractivity (Wildman–Crippen MR) is 69.1 cm³/mol. The molecule has 0 aliphatic heterocycles. The molecule has 0 bridgehead atoms. The molecular formula is C13H20N2O2. The molecule has 0 saturated heterocycles. The summed E-state index contributed by atoms with van der Waals surface area (Å²) in [6, 6.07) is 7.34. The number of nitrogens with one attached hydrogen (secondary N) is 1. The predicted octanol–water partition coefficient (Wildman–Crippen LogP) is 2.01. The standard InChI is InChI=1S/C13H20N2O2/c1-10(2)9-17-12-5-3-11(4-6-12)15-13(16)7-8-14/h3-6,10H,7-9,14H2,1-2H3,(H,15,16). The maximum absolute atomic E-state index is 11.3. The number of hydrogen-bond acceptors (Lipinski definition) is 3. The first-order valence-corrected chi connectivity index (χ1v) is 5.84. The Kier molecular flexibility index (Phi) is 5.49. The molecule has 1 aromatic carbocycles. The Labute approximate surface area is 102 Å². The summed E-state index contributed by atoms with van der Waals surface area (Å²) in [4.78, 5) is 11.3. The van der Waals surface area contributed by atoms with Gasteiger partial charge >= 0.3 is 0 Å². The van der Waals surface area contributed by atoms with Gasteiger partial charge in [-0.2, -0.15) is 0 Å². The Morgan fingerprint density at radius 1 is 1.35 bits per heavy atom. The normalized spacial score (nSPS) is 10.4. The number of nitrogens with two attached hydrogens (primary N) is 1. The second-order valence-corrected chi connectivity index (χ2v) is 4.32. The monoisotopic (exact) mass is 236 g/mol. The van der Waals surface area contributed by atoms with E-state index in [1.165, 1.54) is 0 Å². The molecule has 0 saturated carbocycles. The first-order valence-electron chi connectivity index (χ1n) is 5.84. The summed E-state index contributed by atoms with van der Waals surface area (Å²) in [5.41, 5.74) is 6.06. The van der Waals surface area contributed by atoms with Crippen LogP contribution in [0.2, 0.25) is 0 Å². The Hall–Kier alpha value is -1.55. The summed E-state index contributed by atoms with van der Waals surface area (Å²) in [6.45, 7) is 5.25. The van der Waals surface area contributed by atoms with Crippen LogP contribution in [0.5, 0.6) is 5.75 Å². The van der Waals surface area contributed by atoms with Crippen molar-refractivity contribution in [3.63, 3.8) is 0 Å². The van der Waals surface area contributed by atoms with E-state index in [0.717, 1.165) is 11.4 Å². The molecule has 1 rings (SSSR count). The van der Waals surface area contributed by atoms with Gasteiger partial charge in [-0.25, -0.2) is 0 Å². The van der Waals surface area contributed by atoms with Gasteiger partial charge in [0.05, 0.1) is 6.61 Å². The molecule has 0 spiro atoms. The number of ether oxygens (including phenoxy) is 1. The minimum atomic E-state index is -0.0663. The van der Waals surface area contributed by atoms with Crippen molar-refractivity contribution in [3.8, 4) is 5.75 Å². The number of amides is 1. The summed E-state index contributed by atoms with van der Waals surface area (Å²) in [7, 11) is 0. The van der Waals surface area contributed by atoms with Gasteiger partial charge in [-0.3, -0.25) is 4.79 Å². The highest BCUT2D eigenvalue weighted by Crippen LogP contribution is 2.16. The van der Waals surface area contributed by atoms with Gasteiger partial charge in [0.2, 0.25) is 5.91 Å². The summed E-state index contributed by atoms with van der Waals surface area (Å²) >= 11 is 0. The van der Waals surface area contributed by atoms with Crippen LogP contribution in [0.1, 0.15) is 20.3 Å². The van der Waals surface area contributed by atoms with E-state index >= 15 is 0 Å². The van der Waals surface area contributed by atoms with E-state index in [9.17, 15) is 4.79 Å².